The molecule has 0 saturated heterocycles. The second-order valence-electron chi connectivity index (χ2n) is 3.22. The van der Waals surface area contributed by atoms with Gasteiger partial charge in [0.2, 0.25) is 5.88 Å². The van der Waals surface area contributed by atoms with Gasteiger partial charge >= 0.3 is 6.18 Å². The quantitative estimate of drug-likeness (QED) is 0.795. The Bertz CT molecular complexity index is 497. The molecule has 0 unspecified atom stereocenters. The van der Waals surface area contributed by atoms with Crippen LogP contribution in [0.4, 0.5) is 13.2 Å². The molecule has 87 valence electrons. The summed E-state index contributed by atoms with van der Waals surface area (Å²) < 4.78 is 42.5. The predicted octanol–water partition coefficient (Wildman–Crippen LogP) is 3.69. The van der Waals surface area contributed by atoms with E-state index in [4.69, 9.17) is 4.74 Å². The molecule has 0 bridgehead atoms. The molecular formula is C12H7F3NO. The summed E-state index contributed by atoms with van der Waals surface area (Å²) in [5.41, 5.74) is -0.752. The van der Waals surface area contributed by atoms with Crippen LogP contribution in [-0.2, 0) is 6.18 Å². The molecule has 1 heterocycles. The van der Waals surface area contributed by atoms with Gasteiger partial charge in [0.1, 0.15) is 5.75 Å². The normalized spacial score (nSPS) is 11.2. The Morgan fingerprint density at radius 1 is 1.18 bits per heavy atom. The Labute approximate surface area is 95.7 Å². The number of alkyl halides is 3. The molecule has 0 atom stereocenters. The zero-order valence-corrected chi connectivity index (χ0v) is 8.53. The van der Waals surface area contributed by atoms with Gasteiger partial charge in [-0.25, -0.2) is 4.98 Å². The molecule has 0 fully saturated rings. The van der Waals surface area contributed by atoms with Crippen LogP contribution in [0.5, 0.6) is 11.6 Å². The molecule has 0 amide bonds. The molecule has 1 aromatic heterocycles. The van der Waals surface area contributed by atoms with Gasteiger partial charge in [-0.05, 0) is 24.3 Å². The van der Waals surface area contributed by atoms with E-state index in [0.717, 1.165) is 12.1 Å². The minimum atomic E-state index is -4.38. The minimum absolute atomic E-state index is 0.0959. The van der Waals surface area contributed by atoms with Crippen molar-refractivity contribution in [3.8, 4) is 11.6 Å². The van der Waals surface area contributed by atoms with Gasteiger partial charge in [0, 0.05) is 18.3 Å². The highest BCUT2D eigenvalue weighted by Crippen LogP contribution is 2.32. The van der Waals surface area contributed by atoms with Crippen molar-refractivity contribution in [2.45, 2.75) is 6.18 Å². The van der Waals surface area contributed by atoms with E-state index in [2.05, 4.69) is 11.1 Å². The summed E-state index contributed by atoms with van der Waals surface area (Å²) in [5.74, 6) is 0.321. The number of aromatic nitrogens is 1. The fourth-order valence-corrected chi connectivity index (χ4v) is 1.22. The second-order valence-corrected chi connectivity index (χ2v) is 3.22. The second kappa shape index (κ2) is 4.45. The fourth-order valence-electron chi connectivity index (χ4n) is 1.22. The first-order valence-corrected chi connectivity index (χ1v) is 4.73. The van der Waals surface area contributed by atoms with Crippen LogP contribution in [0.1, 0.15) is 5.56 Å². The summed E-state index contributed by atoms with van der Waals surface area (Å²) in [4.78, 5) is 3.81. The molecule has 0 aliphatic rings. The van der Waals surface area contributed by atoms with E-state index in [1.54, 1.807) is 6.07 Å². The highest BCUT2D eigenvalue weighted by molar-refractivity contribution is 5.32. The summed E-state index contributed by atoms with van der Waals surface area (Å²) in [6, 6.07) is 10.4. The van der Waals surface area contributed by atoms with Crippen LogP contribution < -0.4 is 4.74 Å². The van der Waals surface area contributed by atoms with Crippen molar-refractivity contribution < 1.29 is 17.9 Å². The molecule has 1 radical (unpaired) electrons. The zero-order chi connectivity index (χ0) is 12.3. The Morgan fingerprint density at radius 3 is 2.65 bits per heavy atom. The van der Waals surface area contributed by atoms with Crippen molar-refractivity contribution in [3.63, 3.8) is 0 Å². The molecule has 17 heavy (non-hydrogen) atoms. The predicted molar refractivity (Wildman–Crippen MR) is 54.6 cm³/mol. The average Bonchev–Trinajstić information content (AvgIpc) is 2.29. The standard InChI is InChI=1S/C12H7F3NO/c13-12(14,15)9-4-3-5-10(8-9)17-11-6-1-2-7-16-11/h1,3-8H. The van der Waals surface area contributed by atoms with Crippen LogP contribution >= 0.6 is 0 Å². The number of hydrogen-bond donors (Lipinski definition) is 0. The minimum Gasteiger partial charge on any atom is -0.439 e. The van der Waals surface area contributed by atoms with E-state index in [-0.39, 0.29) is 11.6 Å². The molecule has 0 spiro atoms. The molecule has 5 heteroatoms. The van der Waals surface area contributed by atoms with Crippen LogP contribution in [0.2, 0.25) is 0 Å². The molecule has 2 aromatic rings. The Morgan fingerprint density at radius 2 is 2.00 bits per heavy atom. The van der Waals surface area contributed by atoms with Crippen LogP contribution in [0.3, 0.4) is 0 Å². The number of pyridine rings is 1. The topological polar surface area (TPSA) is 22.1 Å². The van der Waals surface area contributed by atoms with Gasteiger partial charge in [0.15, 0.2) is 0 Å². The summed E-state index contributed by atoms with van der Waals surface area (Å²) in [6.07, 6.45) is -3.00. The maximum atomic E-state index is 12.4. The maximum Gasteiger partial charge on any atom is 0.416 e. The van der Waals surface area contributed by atoms with E-state index in [1.165, 1.54) is 24.4 Å². The van der Waals surface area contributed by atoms with Gasteiger partial charge in [0.25, 0.3) is 0 Å². The van der Waals surface area contributed by atoms with Crippen LogP contribution in [0.25, 0.3) is 0 Å². The van der Waals surface area contributed by atoms with E-state index in [0.29, 0.717) is 0 Å². The molecule has 0 saturated carbocycles. The molecule has 2 nitrogen and oxygen atoms in total. The van der Waals surface area contributed by atoms with Gasteiger partial charge in [-0.3, -0.25) is 0 Å². The maximum absolute atomic E-state index is 12.4. The number of hydrogen-bond acceptors (Lipinski definition) is 2. The number of rotatable bonds is 2. The number of ether oxygens (including phenoxy) is 1. The van der Waals surface area contributed by atoms with Gasteiger partial charge in [-0.1, -0.05) is 6.07 Å². The van der Waals surface area contributed by atoms with E-state index in [9.17, 15) is 13.2 Å². The number of halogens is 3. The van der Waals surface area contributed by atoms with Crippen LogP contribution in [0, 0.1) is 6.07 Å². The lowest BCUT2D eigenvalue weighted by Crippen LogP contribution is -2.04. The molecule has 1 aromatic carbocycles. The monoisotopic (exact) mass is 238 g/mol. The molecule has 2 rings (SSSR count). The van der Waals surface area contributed by atoms with Crippen molar-refractivity contribution in [1.29, 1.82) is 0 Å². The van der Waals surface area contributed by atoms with Crippen molar-refractivity contribution >= 4 is 0 Å². The summed E-state index contributed by atoms with van der Waals surface area (Å²) in [7, 11) is 0. The van der Waals surface area contributed by atoms with Gasteiger partial charge in [-0.2, -0.15) is 13.2 Å². The number of benzene rings is 1. The van der Waals surface area contributed by atoms with Crippen molar-refractivity contribution in [1.82, 2.24) is 4.98 Å². The smallest absolute Gasteiger partial charge is 0.416 e. The summed E-state index contributed by atoms with van der Waals surface area (Å²) >= 11 is 0. The van der Waals surface area contributed by atoms with Gasteiger partial charge < -0.3 is 4.74 Å². The third kappa shape index (κ3) is 2.96. The highest BCUT2D eigenvalue weighted by Gasteiger charge is 2.30. The lowest BCUT2D eigenvalue weighted by Gasteiger charge is -2.09. The molecular weight excluding hydrogens is 231 g/mol. The molecule has 0 aliphatic heterocycles. The highest BCUT2D eigenvalue weighted by atomic mass is 19.4. The number of nitrogens with zero attached hydrogens (tertiary/aromatic N) is 1. The van der Waals surface area contributed by atoms with Crippen molar-refractivity contribution in [3.05, 3.63) is 54.2 Å². The average molecular weight is 238 g/mol. The molecule has 0 N–H and O–H groups in total. The van der Waals surface area contributed by atoms with Crippen molar-refractivity contribution in [2.24, 2.45) is 0 Å². The Kier molecular flexibility index (Phi) is 2.99. The lowest BCUT2D eigenvalue weighted by molar-refractivity contribution is -0.137. The summed E-state index contributed by atoms with van der Waals surface area (Å²) in [5, 5.41) is 0. The van der Waals surface area contributed by atoms with Crippen molar-refractivity contribution in [2.75, 3.05) is 0 Å². The molecule has 0 aliphatic carbocycles. The van der Waals surface area contributed by atoms with E-state index < -0.39 is 11.7 Å². The van der Waals surface area contributed by atoms with Gasteiger partial charge in [-0.15, -0.1) is 0 Å². The third-order valence-corrected chi connectivity index (χ3v) is 1.97. The Hall–Kier alpha value is -2.04. The third-order valence-electron chi connectivity index (χ3n) is 1.97. The first-order chi connectivity index (χ1) is 8.05. The van der Waals surface area contributed by atoms with Crippen LogP contribution in [-0.4, -0.2) is 4.98 Å². The van der Waals surface area contributed by atoms with Gasteiger partial charge in [0.05, 0.1) is 5.56 Å². The summed E-state index contributed by atoms with van der Waals surface area (Å²) in [6.45, 7) is 0. The lowest BCUT2D eigenvalue weighted by atomic mass is 10.2. The fraction of sp³-hybridized carbons (Fsp3) is 0.0833. The first-order valence-electron chi connectivity index (χ1n) is 4.73. The largest absolute Gasteiger partial charge is 0.439 e. The van der Waals surface area contributed by atoms with E-state index in [1.807, 2.05) is 0 Å². The SMILES string of the molecule is FC(F)(F)c1cccc(Oc2cc[c]cn2)c1. The first kappa shape index (κ1) is 11.4. The van der Waals surface area contributed by atoms with E-state index >= 15 is 0 Å². The van der Waals surface area contributed by atoms with Crippen LogP contribution in [0.15, 0.2) is 42.6 Å². The zero-order valence-electron chi connectivity index (χ0n) is 8.53. The Balaban J connectivity index is 2.23.